The molecule has 0 radical (unpaired) electrons. The summed E-state index contributed by atoms with van der Waals surface area (Å²) in [6, 6.07) is 0. The first-order valence-corrected chi connectivity index (χ1v) is 6.52. The van der Waals surface area contributed by atoms with Gasteiger partial charge in [0, 0.05) is 0 Å². The number of nitrogens with zero attached hydrogens (tertiary/aromatic N) is 2. The Kier molecular flexibility index (Phi) is 3.65. The van der Waals surface area contributed by atoms with Crippen molar-refractivity contribution in [2.75, 3.05) is 6.61 Å². The van der Waals surface area contributed by atoms with Crippen LogP contribution >= 0.6 is 11.8 Å². The number of hydrogen-bond donors (Lipinski definition) is 0. The maximum absolute atomic E-state index is 11.9. The third-order valence-corrected chi connectivity index (χ3v) is 3.84. The molecule has 0 saturated heterocycles. The Balaban J connectivity index is 2.15. The minimum absolute atomic E-state index is 0.267. The minimum atomic E-state index is -0.485. The van der Waals surface area contributed by atoms with Gasteiger partial charge in [-0.3, -0.25) is 4.79 Å². The Labute approximate surface area is 109 Å². The summed E-state index contributed by atoms with van der Waals surface area (Å²) in [5, 5.41) is 0.615. The number of thioether (sulfide) groups is 1. The van der Waals surface area contributed by atoms with E-state index in [4.69, 9.17) is 4.74 Å². The molecular weight excluding hydrogens is 252 g/mol. The normalized spacial score (nSPS) is 22.3. The van der Waals surface area contributed by atoms with Crippen molar-refractivity contribution in [3.8, 4) is 0 Å². The van der Waals surface area contributed by atoms with Gasteiger partial charge in [0.1, 0.15) is 12.3 Å². The Morgan fingerprint density at radius 2 is 2.28 bits per heavy atom. The SMILES string of the molecule is CC1=C(C(=O)OCC(C)C)SC2=NC=NC(=O)C21. The van der Waals surface area contributed by atoms with Crippen LogP contribution < -0.4 is 0 Å². The highest BCUT2D eigenvalue weighted by Crippen LogP contribution is 2.40. The van der Waals surface area contributed by atoms with Crippen LogP contribution in [0.25, 0.3) is 0 Å². The summed E-state index contributed by atoms with van der Waals surface area (Å²) in [7, 11) is 0. The molecule has 0 N–H and O–H groups in total. The van der Waals surface area contributed by atoms with Gasteiger partial charge in [0.15, 0.2) is 0 Å². The monoisotopic (exact) mass is 266 g/mol. The summed E-state index contributed by atoms with van der Waals surface area (Å²) in [4.78, 5) is 31.7. The molecule has 0 aromatic carbocycles. The Hall–Kier alpha value is -1.43. The zero-order chi connectivity index (χ0) is 13.3. The number of fused-ring (bicyclic) bond motifs is 1. The average molecular weight is 266 g/mol. The van der Waals surface area contributed by atoms with Gasteiger partial charge in [0.05, 0.1) is 16.6 Å². The third-order valence-electron chi connectivity index (χ3n) is 2.59. The lowest BCUT2D eigenvalue weighted by Crippen LogP contribution is -2.21. The second-order valence-corrected chi connectivity index (χ2v) is 5.62. The maximum Gasteiger partial charge on any atom is 0.344 e. The van der Waals surface area contributed by atoms with Crippen molar-refractivity contribution in [1.29, 1.82) is 0 Å². The lowest BCUT2D eigenvalue weighted by atomic mass is 10.0. The summed E-state index contributed by atoms with van der Waals surface area (Å²) in [5.74, 6) is -0.847. The minimum Gasteiger partial charge on any atom is -0.461 e. The third kappa shape index (κ3) is 2.38. The van der Waals surface area contributed by atoms with Crippen LogP contribution in [0.5, 0.6) is 0 Å². The van der Waals surface area contributed by atoms with Crippen LogP contribution in [0, 0.1) is 11.8 Å². The number of hydrogen-bond acceptors (Lipinski definition) is 5. The van der Waals surface area contributed by atoms with Gasteiger partial charge >= 0.3 is 5.97 Å². The van der Waals surface area contributed by atoms with Gasteiger partial charge in [-0.2, -0.15) is 0 Å². The fraction of sp³-hybridized carbons (Fsp3) is 0.500. The summed E-state index contributed by atoms with van der Waals surface area (Å²) >= 11 is 1.21. The molecule has 0 aromatic rings. The van der Waals surface area contributed by atoms with E-state index in [1.165, 1.54) is 18.1 Å². The predicted octanol–water partition coefficient (Wildman–Crippen LogP) is 1.79. The maximum atomic E-state index is 11.9. The molecule has 0 aromatic heterocycles. The molecule has 2 rings (SSSR count). The van der Waals surface area contributed by atoms with E-state index in [9.17, 15) is 9.59 Å². The highest BCUT2D eigenvalue weighted by atomic mass is 32.2. The molecule has 2 aliphatic rings. The largest absolute Gasteiger partial charge is 0.461 e. The second-order valence-electron chi connectivity index (χ2n) is 4.59. The molecule has 96 valence electrons. The van der Waals surface area contributed by atoms with Crippen LogP contribution in [-0.2, 0) is 14.3 Å². The Morgan fingerprint density at radius 1 is 1.56 bits per heavy atom. The number of ether oxygens (including phenoxy) is 1. The standard InChI is InChI=1S/C12H14N2O3S/c1-6(2)4-17-12(16)9-7(3)8-10(15)13-5-14-11(8)18-9/h5-6,8H,4H2,1-3H3. The molecular formula is C12H14N2O3S. The van der Waals surface area contributed by atoms with Crippen molar-refractivity contribution in [2.45, 2.75) is 20.8 Å². The fourth-order valence-corrected chi connectivity index (χ4v) is 2.81. The molecule has 2 heterocycles. The van der Waals surface area contributed by atoms with E-state index >= 15 is 0 Å². The van der Waals surface area contributed by atoms with Gasteiger partial charge in [0.2, 0.25) is 0 Å². The van der Waals surface area contributed by atoms with Crippen molar-refractivity contribution >= 4 is 35.0 Å². The quantitative estimate of drug-likeness (QED) is 0.730. The molecule has 0 spiro atoms. The van der Waals surface area contributed by atoms with E-state index in [2.05, 4.69) is 9.98 Å². The lowest BCUT2D eigenvalue weighted by Gasteiger charge is -2.09. The van der Waals surface area contributed by atoms with Gasteiger partial charge < -0.3 is 4.74 Å². The van der Waals surface area contributed by atoms with E-state index in [-0.39, 0.29) is 17.8 Å². The molecule has 1 unspecified atom stereocenters. The number of carbonyl (C=O) groups is 2. The van der Waals surface area contributed by atoms with E-state index in [1.807, 2.05) is 13.8 Å². The van der Waals surface area contributed by atoms with Gasteiger partial charge in [-0.15, -0.1) is 0 Å². The molecule has 1 amide bonds. The van der Waals surface area contributed by atoms with Crippen molar-refractivity contribution in [1.82, 2.24) is 0 Å². The molecule has 6 heteroatoms. The van der Waals surface area contributed by atoms with Crippen LogP contribution in [0.2, 0.25) is 0 Å². The molecule has 18 heavy (non-hydrogen) atoms. The Bertz CT molecular complexity index is 492. The van der Waals surface area contributed by atoms with Crippen molar-refractivity contribution in [2.24, 2.45) is 21.8 Å². The molecule has 0 fully saturated rings. The number of amides is 1. The van der Waals surface area contributed by atoms with Crippen LogP contribution in [0.1, 0.15) is 20.8 Å². The number of esters is 1. The molecule has 2 aliphatic heterocycles. The van der Waals surface area contributed by atoms with Crippen LogP contribution in [-0.4, -0.2) is 29.9 Å². The van der Waals surface area contributed by atoms with Gasteiger partial charge in [-0.1, -0.05) is 25.6 Å². The fourth-order valence-electron chi connectivity index (χ4n) is 1.68. The topological polar surface area (TPSA) is 68.1 Å². The molecule has 0 saturated carbocycles. The van der Waals surface area contributed by atoms with Gasteiger partial charge in [-0.25, -0.2) is 14.8 Å². The average Bonchev–Trinajstić information content (AvgIpc) is 2.65. The van der Waals surface area contributed by atoms with E-state index in [0.717, 1.165) is 0 Å². The molecule has 5 nitrogen and oxygen atoms in total. The molecule has 0 aliphatic carbocycles. The summed E-state index contributed by atoms with van der Waals surface area (Å²) in [6.07, 6.45) is 1.23. The highest BCUT2D eigenvalue weighted by Gasteiger charge is 2.39. The summed E-state index contributed by atoms with van der Waals surface area (Å²) in [6.45, 7) is 6.07. The van der Waals surface area contributed by atoms with E-state index in [1.54, 1.807) is 6.92 Å². The zero-order valence-corrected chi connectivity index (χ0v) is 11.3. The van der Waals surface area contributed by atoms with Crippen molar-refractivity contribution < 1.29 is 14.3 Å². The van der Waals surface area contributed by atoms with Crippen LogP contribution in [0.3, 0.4) is 0 Å². The number of carbonyl (C=O) groups excluding carboxylic acids is 2. The van der Waals surface area contributed by atoms with Crippen LogP contribution in [0.15, 0.2) is 20.5 Å². The van der Waals surface area contributed by atoms with Crippen molar-refractivity contribution in [3.05, 3.63) is 10.5 Å². The first-order valence-electron chi connectivity index (χ1n) is 5.70. The highest BCUT2D eigenvalue weighted by molar-refractivity contribution is 8.18. The summed E-state index contributed by atoms with van der Waals surface area (Å²) < 4.78 is 5.17. The first kappa shape index (κ1) is 13.0. The number of rotatable bonds is 3. The van der Waals surface area contributed by atoms with Crippen LogP contribution in [0.4, 0.5) is 0 Å². The zero-order valence-electron chi connectivity index (χ0n) is 10.5. The second kappa shape index (κ2) is 5.06. The van der Waals surface area contributed by atoms with Crippen molar-refractivity contribution in [3.63, 3.8) is 0 Å². The van der Waals surface area contributed by atoms with E-state index < -0.39 is 5.92 Å². The predicted molar refractivity (Wildman–Crippen MR) is 70.5 cm³/mol. The molecule has 1 atom stereocenters. The molecule has 0 bridgehead atoms. The summed E-state index contributed by atoms with van der Waals surface area (Å²) in [5.41, 5.74) is 0.689. The Morgan fingerprint density at radius 3 is 2.89 bits per heavy atom. The lowest BCUT2D eigenvalue weighted by molar-refractivity contribution is -0.139. The first-order chi connectivity index (χ1) is 8.50. The number of aliphatic imine (C=N–C) groups is 2. The van der Waals surface area contributed by atoms with Gasteiger partial charge in [0.25, 0.3) is 5.91 Å². The smallest absolute Gasteiger partial charge is 0.344 e. The van der Waals surface area contributed by atoms with Gasteiger partial charge in [-0.05, 0) is 18.4 Å². The van der Waals surface area contributed by atoms with E-state index in [0.29, 0.717) is 22.1 Å².